The topological polar surface area (TPSA) is 35.5 Å². The molecule has 1 atom stereocenters. The molecule has 0 aliphatic carbocycles. The van der Waals surface area contributed by atoms with Crippen LogP contribution in [0.3, 0.4) is 0 Å². The fraction of sp³-hybridized carbons (Fsp3) is 0.364. The Bertz CT molecular complexity index is 426. The van der Waals surface area contributed by atoms with Crippen molar-refractivity contribution in [3.8, 4) is 5.75 Å². The number of carbonyl (C=O) groups excluding carboxylic acids is 1. The molecule has 0 radical (unpaired) electrons. The highest BCUT2D eigenvalue weighted by Gasteiger charge is 2.25. The molecule has 0 saturated carbocycles. The maximum atomic E-state index is 12.4. The Labute approximate surface area is 110 Å². The highest BCUT2D eigenvalue weighted by Crippen LogP contribution is 2.26. The molecule has 7 heteroatoms. The molecule has 0 aliphatic rings. The summed E-state index contributed by atoms with van der Waals surface area (Å²) in [6.07, 6.45) is -4.90. The number of ether oxygens (including phenoxy) is 2. The first-order valence-electron chi connectivity index (χ1n) is 4.88. The van der Waals surface area contributed by atoms with E-state index in [1.807, 2.05) is 0 Å². The zero-order valence-corrected chi connectivity index (χ0v) is 10.9. The molecule has 0 bridgehead atoms. The first kappa shape index (κ1) is 14.8. The molecule has 0 fully saturated rings. The van der Waals surface area contributed by atoms with Crippen molar-refractivity contribution >= 4 is 21.9 Å². The number of hydrogen-bond acceptors (Lipinski definition) is 3. The molecule has 0 saturated heterocycles. The number of carbonyl (C=O) groups is 1. The van der Waals surface area contributed by atoms with Crippen LogP contribution in [0.5, 0.6) is 5.75 Å². The van der Waals surface area contributed by atoms with Crippen molar-refractivity contribution in [2.45, 2.75) is 12.5 Å². The van der Waals surface area contributed by atoms with Gasteiger partial charge in [-0.2, -0.15) is 0 Å². The Morgan fingerprint density at radius 3 is 2.61 bits per heavy atom. The van der Waals surface area contributed by atoms with Gasteiger partial charge in [-0.1, -0.05) is 15.9 Å². The average molecular weight is 327 g/mol. The summed E-state index contributed by atoms with van der Waals surface area (Å²) < 4.78 is 47.0. The van der Waals surface area contributed by atoms with Gasteiger partial charge in [-0.15, -0.1) is 0 Å². The van der Waals surface area contributed by atoms with Gasteiger partial charge in [0, 0.05) is 4.47 Å². The van der Waals surface area contributed by atoms with Crippen LogP contribution in [-0.4, -0.2) is 32.3 Å². The van der Waals surface area contributed by atoms with Crippen LogP contribution >= 0.6 is 15.9 Å². The third-order valence-electron chi connectivity index (χ3n) is 2.06. The predicted molar refractivity (Wildman–Crippen MR) is 61.9 cm³/mol. The molecule has 1 unspecified atom stereocenters. The molecule has 3 nitrogen and oxygen atoms in total. The van der Waals surface area contributed by atoms with Crippen molar-refractivity contribution in [1.82, 2.24) is 0 Å². The van der Waals surface area contributed by atoms with E-state index in [-0.39, 0.29) is 11.3 Å². The molecule has 0 aromatic heterocycles. The molecule has 100 valence electrons. The summed E-state index contributed by atoms with van der Waals surface area (Å²) in [6, 6.07) is 4.16. The van der Waals surface area contributed by atoms with Crippen molar-refractivity contribution in [2.24, 2.45) is 0 Å². The van der Waals surface area contributed by atoms with Crippen LogP contribution in [0.2, 0.25) is 0 Å². The van der Waals surface area contributed by atoms with Gasteiger partial charge in [0.2, 0.25) is 0 Å². The molecular formula is C11H10BrF3O3. The Morgan fingerprint density at radius 2 is 2.11 bits per heavy atom. The van der Waals surface area contributed by atoms with Crippen molar-refractivity contribution in [2.75, 3.05) is 13.8 Å². The minimum Gasteiger partial charge on any atom is -0.481 e. The zero-order chi connectivity index (χ0) is 13.7. The smallest absolute Gasteiger partial charge is 0.341 e. The average Bonchev–Trinajstić information content (AvgIpc) is 2.34. The van der Waals surface area contributed by atoms with Gasteiger partial charge in [0.05, 0.1) is 7.11 Å². The highest BCUT2D eigenvalue weighted by atomic mass is 79.9. The van der Waals surface area contributed by atoms with E-state index in [1.165, 1.54) is 18.2 Å². The fourth-order valence-electron chi connectivity index (χ4n) is 1.19. The number of benzene rings is 1. The normalized spacial score (nSPS) is 12.3. The largest absolute Gasteiger partial charge is 0.481 e. The van der Waals surface area contributed by atoms with Crippen molar-refractivity contribution in [1.29, 1.82) is 0 Å². The molecule has 0 aliphatic heterocycles. The Morgan fingerprint density at radius 1 is 1.44 bits per heavy atom. The third-order valence-corrected chi connectivity index (χ3v) is 2.55. The van der Waals surface area contributed by atoms with Gasteiger partial charge in [0.1, 0.15) is 18.0 Å². The van der Waals surface area contributed by atoms with Gasteiger partial charge >= 0.3 is 5.97 Å². The lowest BCUT2D eigenvalue weighted by atomic mass is 10.2. The summed E-state index contributed by atoms with van der Waals surface area (Å²) in [5, 5.41) is 0. The van der Waals surface area contributed by atoms with Crippen LogP contribution < -0.4 is 4.74 Å². The van der Waals surface area contributed by atoms with Gasteiger partial charge in [0.15, 0.2) is 6.10 Å². The van der Waals surface area contributed by atoms with E-state index >= 15 is 0 Å². The molecule has 1 aromatic carbocycles. The van der Waals surface area contributed by atoms with Crippen molar-refractivity contribution in [3.05, 3.63) is 28.2 Å². The monoisotopic (exact) mass is 326 g/mol. The summed E-state index contributed by atoms with van der Waals surface area (Å²) in [7, 11) is 1.15. The van der Waals surface area contributed by atoms with E-state index in [0.717, 1.165) is 7.11 Å². The molecule has 1 aromatic rings. The lowest BCUT2D eigenvalue weighted by molar-refractivity contribution is -0.00211. The number of rotatable bonds is 5. The lowest BCUT2D eigenvalue weighted by Crippen LogP contribution is -2.28. The number of alkyl halides is 3. The van der Waals surface area contributed by atoms with Crippen LogP contribution in [0.15, 0.2) is 22.7 Å². The van der Waals surface area contributed by atoms with E-state index < -0.39 is 25.2 Å². The molecule has 0 amide bonds. The van der Waals surface area contributed by atoms with E-state index in [9.17, 15) is 18.0 Å². The number of hydrogen-bond donors (Lipinski definition) is 0. The highest BCUT2D eigenvalue weighted by molar-refractivity contribution is 9.10. The molecular weight excluding hydrogens is 317 g/mol. The molecule has 1 rings (SSSR count). The van der Waals surface area contributed by atoms with Gasteiger partial charge in [-0.05, 0) is 18.2 Å². The first-order chi connectivity index (χ1) is 8.49. The van der Waals surface area contributed by atoms with E-state index in [0.29, 0.717) is 4.47 Å². The number of halogens is 4. The minimum absolute atomic E-state index is 0.0419. The minimum atomic E-state index is -2.99. The molecule has 0 N–H and O–H groups in total. The zero-order valence-electron chi connectivity index (χ0n) is 9.33. The van der Waals surface area contributed by atoms with E-state index in [2.05, 4.69) is 20.7 Å². The van der Waals surface area contributed by atoms with Crippen LogP contribution in [0.1, 0.15) is 10.4 Å². The number of esters is 1. The van der Waals surface area contributed by atoms with Gasteiger partial charge < -0.3 is 9.47 Å². The quantitative estimate of drug-likeness (QED) is 0.779. The standard InChI is InChI=1S/C11H10BrF3O3/c1-17-11(16)7-3-2-6(12)4-8(7)18-9(5-13)10(14)15/h2-4,9-10H,5H2,1H3. The van der Waals surface area contributed by atoms with Gasteiger partial charge in [0.25, 0.3) is 6.43 Å². The Kier molecular flexibility index (Phi) is 5.46. The summed E-state index contributed by atoms with van der Waals surface area (Å²) in [6.45, 7) is -1.36. The molecule has 0 spiro atoms. The SMILES string of the molecule is COC(=O)c1ccc(Br)cc1OC(CF)C(F)F. The summed E-state index contributed by atoms with van der Waals surface area (Å²) in [4.78, 5) is 11.4. The van der Waals surface area contributed by atoms with Crippen LogP contribution in [0, 0.1) is 0 Å². The summed E-state index contributed by atoms with van der Waals surface area (Å²) >= 11 is 3.10. The second-order valence-corrected chi connectivity index (χ2v) is 4.19. The predicted octanol–water partition coefficient (Wildman–Crippen LogP) is 3.22. The maximum absolute atomic E-state index is 12.4. The second-order valence-electron chi connectivity index (χ2n) is 3.28. The summed E-state index contributed by atoms with van der Waals surface area (Å²) in [5.74, 6) is -0.899. The van der Waals surface area contributed by atoms with Crippen molar-refractivity contribution < 1.29 is 27.4 Å². The van der Waals surface area contributed by atoms with E-state index in [4.69, 9.17) is 4.74 Å². The summed E-state index contributed by atoms with van der Waals surface area (Å²) in [5.41, 5.74) is -0.0419. The lowest BCUT2D eigenvalue weighted by Gasteiger charge is -2.17. The van der Waals surface area contributed by atoms with Crippen LogP contribution in [0.4, 0.5) is 13.2 Å². The first-order valence-corrected chi connectivity index (χ1v) is 5.67. The maximum Gasteiger partial charge on any atom is 0.341 e. The Hall–Kier alpha value is -1.24. The van der Waals surface area contributed by atoms with Gasteiger partial charge in [-0.25, -0.2) is 18.0 Å². The molecule has 18 heavy (non-hydrogen) atoms. The van der Waals surface area contributed by atoms with Crippen molar-refractivity contribution in [3.63, 3.8) is 0 Å². The third kappa shape index (κ3) is 3.63. The fourth-order valence-corrected chi connectivity index (χ4v) is 1.53. The van der Waals surface area contributed by atoms with Crippen LogP contribution in [-0.2, 0) is 4.74 Å². The number of methoxy groups -OCH3 is 1. The van der Waals surface area contributed by atoms with Gasteiger partial charge in [-0.3, -0.25) is 0 Å². The molecule has 0 heterocycles. The Balaban J connectivity index is 3.05. The van der Waals surface area contributed by atoms with Crippen LogP contribution in [0.25, 0.3) is 0 Å². The van der Waals surface area contributed by atoms with E-state index in [1.54, 1.807) is 0 Å². The second kappa shape index (κ2) is 6.63.